The minimum Gasteiger partial charge on any atom is -0.480 e. The number of carbonyl (C=O) groups is 3. The molecule has 0 rings (SSSR count). The first-order valence-corrected chi connectivity index (χ1v) is 20.1. The van der Waals surface area contributed by atoms with Gasteiger partial charge in [0.2, 0.25) is 5.91 Å². The number of unbranched alkanes of at least 4 members (excludes halogenated alkanes) is 13. The summed E-state index contributed by atoms with van der Waals surface area (Å²) in [5.41, 5.74) is 5.46. The number of esters is 1. The highest BCUT2D eigenvalue weighted by molar-refractivity contribution is 5.83. The number of hydrogen-bond donors (Lipinski definition) is 3. The smallest absolute Gasteiger partial charge is 0.326 e. The molecular weight excluding hydrogens is 624 g/mol. The Bertz CT molecular complexity index is 968. The van der Waals surface area contributed by atoms with E-state index < -0.39 is 12.0 Å². The van der Waals surface area contributed by atoms with E-state index in [0.29, 0.717) is 38.6 Å². The second kappa shape index (κ2) is 37.3. The van der Waals surface area contributed by atoms with E-state index in [1.807, 2.05) is 0 Å². The molecule has 7 nitrogen and oxygen atoms in total. The van der Waals surface area contributed by atoms with Crippen molar-refractivity contribution in [3.8, 4) is 0 Å². The molecule has 0 aromatic heterocycles. The van der Waals surface area contributed by atoms with E-state index in [2.05, 4.69) is 79.9 Å². The van der Waals surface area contributed by atoms with Crippen molar-refractivity contribution in [2.45, 2.75) is 187 Å². The number of ether oxygens (including phenoxy) is 1. The summed E-state index contributed by atoms with van der Waals surface area (Å²) in [6.07, 6.45) is 45.9. The third-order valence-corrected chi connectivity index (χ3v) is 8.55. The largest absolute Gasteiger partial charge is 0.480 e. The number of hydrogen-bond acceptors (Lipinski definition) is 5. The molecule has 0 aliphatic carbocycles. The van der Waals surface area contributed by atoms with E-state index in [0.717, 1.165) is 83.5 Å². The molecule has 2 atom stereocenters. The minimum atomic E-state index is -1.02. The van der Waals surface area contributed by atoms with Gasteiger partial charge in [-0.05, 0) is 96.1 Å². The van der Waals surface area contributed by atoms with Gasteiger partial charge in [0.25, 0.3) is 0 Å². The zero-order valence-electron chi connectivity index (χ0n) is 32.0. The van der Waals surface area contributed by atoms with Crippen molar-refractivity contribution in [2.75, 3.05) is 6.54 Å². The molecule has 2 unspecified atom stereocenters. The van der Waals surface area contributed by atoms with Gasteiger partial charge >= 0.3 is 11.9 Å². The molecule has 0 fully saturated rings. The van der Waals surface area contributed by atoms with Crippen LogP contribution in [0.2, 0.25) is 0 Å². The van der Waals surface area contributed by atoms with Gasteiger partial charge in [-0.1, -0.05) is 133 Å². The molecular formula is C43H74N2O5. The molecule has 50 heavy (non-hydrogen) atoms. The van der Waals surface area contributed by atoms with Crippen LogP contribution in [0.1, 0.15) is 174 Å². The molecule has 0 aliphatic rings. The Hall–Kier alpha value is -2.93. The highest BCUT2D eigenvalue weighted by atomic mass is 16.5. The summed E-state index contributed by atoms with van der Waals surface area (Å²) in [6, 6.07) is -0.872. The molecule has 0 aliphatic heterocycles. The number of rotatable bonds is 35. The van der Waals surface area contributed by atoms with Crippen molar-refractivity contribution >= 4 is 17.8 Å². The normalized spacial score (nSPS) is 13.3. The van der Waals surface area contributed by atoms with Gasteiger partial charge in [0.05, 0.1) is 0 Å². The summed E-state index contributed by atoms with van der Waals surface area (Å²) in [4.78, 5) is 36.1. The van der Waals surface area contributed by atoms with Gasteiger partial charge in [0, 0.05) is 12.8 Å². The fraction of sp³-hybridized carbons (Fsp3) is 0.698. The molecule has 0 saturated carbocycles. The van der Waals surface area contributed by atoms with Crippen molar-refractivity contribution in [3.63, 3.8) is 0 Å². The van der Waals surface area contributed by atoms with Crippen molar-refractivity contribution < 1.29 is 24.2 Å². The predicted octanol–water partition coefficient (Wildman–Crippen LogP) is 11.0. The van der Waals surface area contributed by atoms with Crippen molar-refractivity contribution in [2.24, 2.45) is 5.73 Å². The molecule has 0 aromatic carbocycles. The van der Waals surface area contributed by atoms with E-state index in [-0.39, 0.29) is 18.0 Å². The van der Waals surface area contributed by atoms with Crippen molar-refractivity contribution in [1.82, 2.24) is 5.32 Å². The summed E-state index contributed by atoms with van der Waals surface area (Å²) < 4.78 is 5.85. The fourth-order valence-corrected chi connectivity index (χ4v) is 5.51. The van der Waals surface area contributed by atoms with Crippen LogP contribution in [-0.2, 0) is 19.1 Å². The minimum absolute atomic E-state index is 0.106. The van der Waals surface area contributed by atoms with Gasteiger partial charge in [-0.15, -0.1) is 0 Å². The van der Waals surface area contributed by atoms with E-state index in [1.165, 1.54) is 44.9 Å². The third-order valence-electron chi connectivity index (χ3n) is 8.55. The lowest BCUT2D eigenvalue weighted by Gasteiger charge is -2.15. The van der Waals surface area contributed by atoms with Crippen molar-refractivity contribution in [3.05, 3.63) is 60.8 Å². The molecule has 0 saturated heterocycles. The number of carboxylic acids is 1. The molecule has 0 aromatic rings. The second-order valence-electron chi connectivity index (χ2n) is 13.3. The number of aliphatic carboxylic acids is 1. The third kappa shape index (κ3) is 33.6. The Labute approximate surface area is 306 Å². The lowest BCUT2D eigenvalue weighted by atomic mass is 10.1. The van der Waals surface area contributed by atoms with Gasteiger partial charge in [0.15, 0.2) is 0 Å². The highest BCUT2D eigenvalue weighted by Gasteiger charge is 2.19. The second-order valence-corrected chi connectivity index (χ2v) is 13.3. The van der Waals surface area contributed by atoms with Crippen LogP contribution >= 0.6 is 0 Å². The summed E-state index contributed by atoms with van der Waals surface area (Å²) in [7, 11) is 0. The van der Waals surface area contributed by atoms with Crippen LogP contribution in [0.4, 0.5) is 0 Å². The fourth-order valence-electron chi connectivity index (χ4n) is 5.51. The van der Waals surface area contributed by atoms with Gasteiger partial charge in [-0.2, -0.15) is 0 Å². The Kier molecular flexibility index (Phi) is 35.1. The average Bonchev–Trinajstić information content (AvgIpc) is 3.10. The molecule has 286 valence electrons. The van der Waals surface area contributed by atoms with Crippen LogP contribution in [0.15, 0.2) is 60.8 Å². The maximum absolute atomic E-state index is 12.6. The Balaban J connectivity index is 4.01. The molecule has 0 heterocycles. The maximum atomic E-state index is 12.6. The lowest BCUT2D eigenvalue weighted by molar-refractivity contribution is -0.147. The first-order chi connectivity index (χ1) is 24.4. The quantitative estimate of drug-likeness (QED) is 0.0344. The lowest BCUT2D eigenvalue weighted by Crippen LogP contribution is -2.40. The number of nitrogens with one attached hydrogen (secondary N) is 1. The van der Waals surface area contributed by atoms with Gasteiger partial charge in [-0.3, -0.25) is 9.59 Å². The molecule has 7 heteroatoms. The Morgan fingerprint density at radius 3 is 1.76 bits per heavy atom. The highest BCUT2D eigenvalue weighted by Crippen LogP contribution is 2.15. The summed E-state index contributed by atoms with van der Waals surface area (Å²) in [5.74, 6) is -1.35. The van der Waals surface area contributed by atoms with Crippen LogP contribution in [0.5, 0.6) is 0 Å². The zero-order chi connectivity index (χ0) is 36.8. The maximum Gasteiger partial charge on any atom is 0.326 e. The molecule has 0 bridgehead atoms. The molecule has 0 spiro atoms. The SMILES string of the molecule is CC/C=C\C/C=C\C/C=C\C/C=C\CCCCCCCCCCC(=O)OC(/C=C\CCCC)CCCCCCC(=O)NC(CCCN)C(=O)O. The molecule has 1 amide bonds. The molecule has 4 N–H and O–H groups in total. The Morgan fingerprint density at radius 1 is 0.620 bits per heavy atom. The summed E-state index contributed by atoms with van der Waals surface area (Å²) in [6.45, 7) is 4.73. The number of amides is 1. The average molecular weight is 699 g/mol. The van der Waals surface area contributed by atoms with Crippen LogP contribution in [-0.4, -0.2) is 41.6 Å². The van der Waals surface area contributed by atoms with Gasteiger partial charge in [0.1, 0.15) is 12.1 Å². The van der Waals surface area contributed by atoms with Gasteiger partial charge in [-0.25, -0.2) is 4.79 Å². The zero-order valence-corrected chi connectivity index (χ0v) is 32.0. The van der Waals surface area contributed by atoms with Crippen LogP contribution in [0.25, 0.3) is 0 Å². The number of nitrogens with two attached hydrogens (primary N) is 1. The van der Waals surface area contributed by atoms with Crippen molar-refractivity contribution in [1.29, 1.82) is 0 Å². The van der Waals surface area contributed by atoms with E-state index in [4.69, 9.17) is 10.5 Å². The Morgan fingerprint density at radius 2 is 1.16 bits per heavy atom. The van der Waals surface area contributed by atoms with Crippen LogP contribution in [0.3, 0.4) is 0 Å². The monoisotopic (exact) mass is 699 g/mol. The van der Waals surface area contributed by atoms with E-state index in [9.17, 15) is 19.5 Å². The summed E-state index contributed by atoms with van der Waals surface area (Å²) in [5, 5.41) is 11.9. The number of carbonyl (C=O) groups excluding carboxylic acids is 2. The summed E-state index contributed by atoms with van der Waals surface area (Å²) >= 11 is 0. The number of allylic oxidation sites excluding steroid dienone is 9. The van der Waals surface area contributed by atoms with Gasteiger partial charge < -0.3 is 20.9 Å². The predicted molar refractivity (Wildman–Crippen MR) is 211 cm³/mol. The topological polar surface area (TPSA) is 119 Å². The first-order valence-electron chi connectivity index (χ1n) is 20.1. The molecule has 0 radical (unpaired) electrons. The number of carboxylic acid groups (broad SMARTS) is 1. The standard InChI is InChI=1S/C43H74N2O5/c1-3-5-7-9-10-11-12-13-14-15-16-17-18-19-20-21-22-23-24-25-31-37-42(47)50-39(33-28-8-6-4-2)34-29-26-27-30-36-41(46)45-40(43(48)49)35-32-38-44/h5,7,10-11,13-14,16-17,28,33,39-40H,3-4,6,8-9,12,15,18-27,29-32,34-38,44H2,1-2H3,(H,45,46)(H,48,49)/b7-5-,11-10-,14-13-,17-16-,33-28-. The van der Waals surface area contributed by atoms with E-state index >= 15 is 0 Å². The van der Waals surface area contributed by atoms with Crippen LogP contribution < -0.4 is 11.1 Å². The van der Waals surface area contributed by atoms with Crippen LogP contribution in [0, 0.1) is 0 Å². The van der Waals surface area contributed by atoms with E-state index in [1.54, 1.807) is 0 Å². The first kappa shape index (κ1) is 47.1.